The van der Waals surface area contributed by atoms with Gasteiger partial charge in [-0.3, -0.25) is 4.79 Å². The van der Waals surface area contributed by atoms with Gasteiger partial charge in [-0.05, 0) is 48.7 Å². The Morgan fingerprint density at radius 2 is 1.96 bits per heavy atom. The molecule has 3 aromatic rings. The van der Waals surface area contributed by atoms with Crippen LogP contribution in [0.1, 0.15) is 10.5 Å². The number of halogens is 1. The van der Waals surface area contributed by atoms with Crippen LogP contribution in [0.3, 0.4) is 0 Å². The second-order valence-electron chi connectivity index (χ2n) is 4.77. The molecule has 0 spiro atoms. The molecule has 6 heteroatoms. The maximum atomic E-state index is 12.3. The number of hydrogen-bond donors (Lipinski definition) is 1. The summed E-state index contributed by atoms with van der Waals surface area (Å²) in [7, 11) is 0. The number of aromatic nitrogens is 1. The summed E-state index contributed by atoms with van der Waals surface area (Å²) < 4.78 is 5.24. The topological polar surface area (TPSA) is 55.1 Å². The van der Waals surface area contributed by atoms with Crippen LogP contribution < -0.4 is 5.32 Å². The van der Waals surface area contributed by atoms with Crippen LogP contribution in [-0.4, -0.2) is 17.3 Å². The summed E-state index contributed by atoms with van der Waals surface area (Å²) in [5.41, 5.74) is 1.76. The average molecular weight is 345 g/mol. The lowest BCUT2D eigenvalue weighted by Crippen LogP contribution is -2.12. The first-order valence-electron chi connectivity index (χ1n) is 6.84. The zero-order valence-corrected chi connectivity index (χ0v) is 13.8. The van der Waals surface area contributed by atoms with E-state index >= 15 is 0 Å². The summed E-state index contributed by atoms with van der Waals surface area (Å²) in [6.45, 7) is 0. The highest BCUT2D eigenvalue weighted by atomic mass is 35.5. The highest BCUT2D eigenvalue weighted by molar-refractivity contribution is 7.98. The third-order valence-electron chi connectivity index (χ3n) is 3.20. The summed E-state index contributed by atoms with van der Waals surface area (Å²) >= 11 is 7.47. The minimum atomic E-state index is -0.313. The molecule has 1 aromatic heterocycles. The molecule has 1 amide bonds. The first kappa shape index (κ1) is 15.6. The monoisotopic (exact) mass is 344 g/mol. The van der Waals surface area contributed by atoms with Gasteiger partial charge in [-0.2, -0.15) is 0 Å². The Kier molecular flexibility index (Phi) is 4.69. The van der Waals surface area contributed by atoms with Crippen molar-refractivity contribution in [3.63, 3.8) is 0 Å². The van der Waals surface area contributed by atoms with Gasteiger partial charge in [0.2, 0.25) is 0 Å². The Labute approximate surface area is 142 Å². The number of nitrogens with zero attached hydrogens (tertiary/aromatic N) is 1. The summed E-state index contributed by atoms with van der Waals surface area (Å²) in [4.78, 5) is 13.3. The van der Waals surface area contributed by atoms with Crippen LogP contribution in [0.15, 0.2) is 64.0 Å². The molecule has 0 saturated heterocycles. The first-order valence-corrected chi connectivity index (χ1v) is 8.44. The van der Waals surface area contributed by atoms with Gasteiger partial charge in [0.1, 0.15) is 0 Å². The largest absolute Gasteiger partial charge is 0.355 e. The maximum Gasteiger partial charge on any atom is 0.277 e. The third kappa shape index (κ3) is 3.75. The molecule has 4 nitrogen and oxygen atoms in total. The maximum absolute atomic E-state index is 12.3. The number of nitrogens with one attached hydrogen (secondary N) is 1. The van der Waals surface area contributed by atoms with Crippen molar-refractivity contribution in [2.75, 3.05) is 11.6 Å². The predicted molar refractivity (Wildman–Crippen MR) is 93.1 cm³/mol. The number of carbonyl (C=O) groups excluding carboxylic acids is 1. The minimum Gasteiger partial charge on any atom is -0.355 e. The van der Waals surface area contributed by atoms with Gasteiger partial charge in [0, 0.05) is 27.2 Å². The van der Waals surface area contributed by atoms with Crippen molar-refractivity contribution < 1.29 is 9.32 Å². The lowest BCUT2D eigenvalue weighted by molar-refractivity contribution is 0.101. The minimum absolute atomic E-state index is 0.226. The van der Waals surface area contributed by atoms with E-state index in [2.05, 4.69) is 10.5 Å². The molecule has 0 atom stereocenters. The van der Waals surface area contributed by atoms with E-state index in [1.54, 1.807) is 30.0 Å². The number of carbonyl (C=O) groups is 1. The van der Waals surface area contributed by atoms with Crippen molar-refractivity contribution >= 4 is 35.0 Å². The molecule has 0 radical (unpaired) electrons. The van der Waals surface area contributed by atoms with E-state index in [1.807, 2.05) is 42.7 Å². The summed E-state index contributed by atoms with van der Waals surface area (Å²) in [6.07, 6.45) is 1.98. The van der Waals surface area contributed by atoms with Crippen molar-refractivity contribution in [2.45, 2.75) is 4.90 Å². The predicted octanol–water partition coefficient (Wildman–Crippen LogP) is 4.97. The van der Waals surface area contributed by atoms with Crippen molar-refractivity contribution in [1.82, 2.24) is 5.16 Å². The van der Waals surface area contributed by atoms with Crippen LogP contribution in [-0.2, 0) is 0 Å². The van der Waals surface area contributed by atoms with Gasteiger partial charge in [0.25, 0.3) is 5.91 Å². The molecule has 0 aliphatic carbocycles. The Bertz CT molecular complexity index is 831. The van der Waals surface area contributed by atoms with Gasteiger partial charge in [-0.1, -0.05) is 22.8 Å². The van der Waals surface area contributed by atoms with Gasteiger partial charge in [-0.15, -0.1) is 11.8 Å². The fourth-order valence-electron chi connectivity index (χ4n) is 2.03. The number of benzene rings is 2. The highest BCUT2D eigenvalue weighted by Gasteiger charge is 2.14. The number of thioether (sulfide) groups is 1. The van der Waals surface area contributed by atoms with Crippen LogP contribution >= 0.6 is 23.4 Å². The molecule has 0 fully saturated rings. The van der Waals surface area contributed by atoms with Crippen LogP contribution in [0.2, 0.25) is 5.02 Å². The molecule has 0 unspecified atom stereocenters. The molecule has 1 heterocycles. The molecule has 0 saturated carbocycles. The molecule has 1 N–H and O–H groups in total. The van der Waals surface area contributed by atoms with Gasteiger partial charge < -0.3 is 9.84 Å². The molecule has 2 aromatic carbocycles. The number of rotatable bonds is 4. The molecule has 3 rings (SSSR count). The smallest absolute Gasteiger partial charge is 0.277 e. The number of amides is 1. The molecular formula is C17H13ClN2O2S. The lowest BCUT2D eigenvalue weighted by Gasteiger charge is -2.04. The normalized spacial score (nSPS) is 10.5. The SMILES string of the molecule is CSc1cccc(NC(=O)c2cc(-c3ccc(Cl)cc3)on2)c1. The Morgan fingerprint density at radius 3 is 2.70 bits per heavy atom. The molecule has 0 aliphatic rings. The molecule has 116 valence electrons. The fraction of sp³-hybridized carbons (Fsp3) is 0.0588. The van der Waals surface area contributed by atoms with E-state index in [0.29, 0.717) is 10.8 Å². The zero-order chi connectivity index (χ0) is 16.2. The van der Waals surface area contributed by atoms with Gasteiger partial charge in [-0.25, -0.2) is 0 Å². The van der Waals surface area contributed by atoms with E-state index in [4.69, 9.17) is 16.1 Å². The Hall–Kier alpha value is -2.24. The number of hydrogen-bond acceptors (Lipinski definition) is 4. The van der Waals surface area contributed by atoms with Crippen LogP contribution in [0.5, 0.6) is 0 Å². The van der Waals surface area contributed by atoms with E-state index in [1.165, 1.54) is 0 Å². The Balaban J connectivity index is 1.76. The second-order valence-corrected chi connectivity index (χ2v) is 6.09. The summed E-state index contributed by atoms with van der Waals surface area (Å²) in [5.74, 6) is 0.205. The summed E-state index contributed by atoms with van der Waals surface area (Å²) in [5, 5.41) is 7.28. The first-order chi connectivity index (χ1) is 11.2. The fourth-order valence-corrected chi connectivity index (χ4v) is 2.61. The van der Waals surface area contributed by atoms with Gasteiger partial charge in [0.15, 0.2) is 11.5 Å². The van der Waals surface area contributed by atoms with Gasteiger partial charge >= 0.3 is 0 Å². The van der Waals surface area contributed by atoms with E-state index in [9.17, 15) is 4.79 Å². The van der Waals surface area contributed by atoms with Crippen molar-refractivity contribution in [2.24, 2.45) is 0 Å². The summed E-state index contributed by atoms with van der Waals surface area (Å²) in [6, 6.07) is 16.4. The Morgan fingerprint density at radius 1 is 1.17 bits per heavy atom. The third-order valence-corrected chi connectivity index (χ3v) is 4.18. The van der Waals surface area contributed by atoms with Crippen LogP contribution in [0, 0.1) is 0 Å². The van der Waals surface area contributed by atoms with E-state index in [-0.39, 0.29) is 11.6 Å². The molecule has 23 heavy (non-hydrogen) atoms. The van der Waals surface area contributed by atoms with Crippen LogP contribution in [0.4, 0.5) is 5.69 Å². The number of anilines is 1. The van der Waals surface area contributed by atoms with E-state index < -0.39 is 0 Å². The average Bonchev–Trinajstić information content (AvgIpc) is 3.06. The second kappa shape index (κ2) is 6.89. The molecule has 0 aliphatic heterocycles. The van der Waals surface area contributed by atoms with Crippen molar-refractivity contribution in [3.8, 4) is 11.3 Å². The highest BCUT2D eigenvalue weighted by Crippen LogP contribution is 2.23. The van der Waals surface area contributed by atoms with E-state index in [0.717, 1.165) is 16.1 Å². The quantitative estimate of drug-likeness (QED) is 0.679. The van der Waals surface area contributed by atoms with Crippen molar-refractivity contribution in [1.29, 1.82) is 0 Å². The zero-order valence-electron chi connectivity index (χ0n) is 12.2. The lowest BCUT2D eigenvalue weighted by atomic mass is 10.1. The standard InChI is InChI=1S/C17H13ClN2O2S/c1-23-14-4-2-3-13(9-14)19-17(21)15-10-16(22-20-15)11-5-7-12(18)8-6-11/h2-10H,1H3,(H,19,21). The van der Waals surface area contributed by atoms with Crippen molar-refractivity contribution in [3.05, 3.63) is 65.3 Å². The molecule has 0 bridgehead atoms. The van der Waals surface area contributed by atoms with Gasteiger partial charge in [0.05, 0.1) is 0 Å². The molecular weight excluding hydrogens is 332 g/mol. The van der Waals surface area contributed by atoms with Crippen LogP contribution in [0.25, 0.3) is 11.3 Å².